The molecule has 0 aliphatic carbocycles. The molecular weight excluding hydrogens is 388 g/mol. The van der Waals surface area contributed by atoms with Crippen molar-refractivity contribution < 1.29 is 13.2 Å². The molecule has 0 saturated carbocycles. The summed E-state index contributed by atoms with van der Waals surface area (Å²) in [5, 5.41) is 2.98. The zero-order chi connectivity index (χ0) is 20.9. The van der Waals surface area contributed by atoms with Crippen LogP contribution in [-0.4, -0.2) is 57.5 Å². The van der Waals surface area contributed by atoms with Gasteiger partial charge < -0.3 is 10.2 Å². The minimum absolute atomic E-state index is 0.126. The van der Waals surface area contributed by atoms with Gasteiger partial charge >= 0.3 is 6.03 Å². The summed E-state index contributed by atoms with van der Waals surface area (Å²) in [4.78, 5) is 17.0. The van der Waals surface area contributed by atoms with Gasteiger partial charge in [-0.1, -0.05) is 42.5 Å². The number of benzene rings is 2. The normalized spacial score (nSPS) is 16.4. The minimum atomic E-state index is -3.51. The fourth-order valence-electron chi connectivity index (χ4n) is 3.38. The molecule has 0 radical (unpaired) electrons. The van der Waals surface area contributed by atoms with E-state index in [1.54, 1.807) is 12.1 Å². The van der Waals surface area contributed by atoms with E-state index in [1.807, 2.05) is 36.1 Å². The van der Waals surface area contributed by atoms with Crippen LogP contribution in [0.5, 0.6) is 0 Å². The zero-order valence-electron chi connectivity index (χ0n) is 16.8. The van der Waals surface area contributed by atoms with E-state index in [9.17, 15) is 13.2 Å². The van der Waals surface area contributed by atoms with Crippen molar-refractivity contribution >= 4 is 16.1 Å². The summed E-state index contributed by atoms with van der Waals surface area (Å²) in [5.74, 6) is 0. The second-order valence-electron chi connectivity index (χ2n) is 7.20. The lowest BCUT2D eigenvalue weighted by molar-refractivity contribution is 0.133. The van der Waals surface area contributed by atoms with E-state index in [2.05, 4.69) is 27.1 Å². The summed E-state index contributed by atoms with van der Waals surface area (Å²) in [6.45, 7) is 5.73. The van der Waals surface area contributed by atoms with Gasteiger partial charge in [0.25, 0.3) is 0 Å². The molecule has 0 bridgehead atoms. The molecule has 0 spiro atoms. The Morgan fingerprint density at radius 2 is 1.72 bits per heavy atom. The van der Waals surface area contributed by atoms with Crippen LogP contribution in [0.2, 0.25) is 0 Å². The lowest BCUT2D eigenvalue weighted by Gasteiger charge is -2.35. The summed E-state index contributed by atoms with van der Waals surface area (Å²) in [6.07, 6.45) is 0. The van der Waals surface area contributed by atoms with Gasteiger partial charge in [0, 0.05) is 32.7 Å². The van der Waals surface area contributed by atoms with Crippen molar-refractivity contribution in [1.82, 2.24) is 19.8 Å². The average molecular weight is 417 g/mol. The highest BCUT2D eigenvalue weighted by molar-refractivity contribution is 7.89. The van der Waals surface area contributed by atoms with E-state index in [0.717, 1.165) is 25.2 Å². The molecule has 3 rings (SSSR count). The van der Waals surface area contributed by atoms with E-state index in [1.165, 1.54) is 18.7 Å². The van der Waals surface area contributed by atoms with Crippen molar-refractivity contribution in [2.24, 2.45) is 0 Å². The van der Waals surface area contributed by atoms with Gasteiger partial charge in [-0.15, -0.1) is 0 Å². The number of amides is 2. The molecule has 2 N–H and O–H groups in total. The van der Waals surface area contributed by atoms with Gasteiger partial charge in [0.2, 0.25) is 10.0 Å². The molecule has 1 atom stereocenters. The van der Waals surface area contributed by atoms with Crippen LogP contribution in [-0.2, 0) is 16.6 Å². The fraction of sp³-hybridized carbons (Fsp3) is 0.381. The Morgan fingerprint density at radius 1 is 1.03 bits per heavy atom. The molecule has 156 valence electrons. The molecule has 1 heterocycles. The number of piperazine rings is 1. The van der Waals surface area contributed by atoms with Crippen molar-refractivity contribution in [3.8, 4) is 0 Å². The van der Waals surface area contributed by atoms with Crippen LogP contribution in [0.3, 0.4) is 0 Å². The molecule has 7 nitrogen and oxygen atoms in total. The van der Waals surface area contributed by atoms with Gasteiger partial charge in [0.05, 0.1) is 10.9 Å². The Hall–Kier alpha value is -2.42. The van der Waals surface area contributed by atoms with Gasteiger partial charge in [-0.25, -0.2) is 17.9 Å². The standard InChI is InChI=1S/C21H28N4O3S/c1-17(19-9-6-10-20(15-19)29(27,28)22-2)23-21(26)25-13-11-24(12-14-25)16-18-7-4-3-5-8-18/h3-10,15,17,22H,11-14,16H2,1-2H3,(H,23,26). The monoisotopic (exact) mass is 416 g/mol. The molecular formula is C21H28N4O3S. The summed E-state index contributed by atoms with van der Waals surface area (Å²) >= 11 is 0. The topological polar surface area (TPSA) is 81.8 Å². The number of carbonyl (C=O) groups is 1. The Bertz CT molecular complexity index is 926. The number of nitrogens with one attached hydrogen (secondary N) is 2. The molecule has 2 aromatic carbocycles. The second kappa shape index (κ2) is 9.39. The Kier molecular flexibility index (Phi) is 6.89. The maximum atomic E-state index is 12.7. The maximum Gasteiger partial charge on any atom is 0.317 e. The summed E-state index contributed by atoms with van der Waals surface area (Å²) in [7, 11) is -2.13. The molecule has 0 aromatic heterocycles. The number of hydrogen-bond donors (Lipinski definition) is 2. The smallest absolute Gasteiger partial charge is 0.317 e. The third kappa shape index (κ3) is 5.56. The van der Waals surface area contributed by atoms with E-state index in [4.69, 9.17) is 0 Å². The van der Waals surface area contributed by atoms with Gasteiger partial charge in [-0.05, 0) is 37.2 Å². The first-order valence-electron chi connectivity index (χ1n) is 9.74. The predicted octanol–water partition coefficient (Wildman–Crippen LogP) is 2.18. The van der Waals surface area contributed by atoms with E-state index < -0.39 is 10.0 Å². The van der Waals surface area contributed by atoms with Crippen LogP contribution >= 0.6 is 0 Å². The highest BCUT2D eigenvalue weighted by atomic mass is 32.2. The molecule has 2 aromatic rings. The lowest BCUT2D eigenvalue weighted by atomic mass is 10.1. The largest absolute Gasteiger partial charge is 0.331 e. The molecule has 1 unspecified atom stereocenters. The van der Waals surface area contributed by atoms with E-state index in [-0.39, 0.29) is 17.0 Å². The van der Waals surface area contributed by atoms with Crippen LogP contribution in [0, 0.1) is 0 Å². The predicted molar refractivity (Wildman–Crippen MR) is 113 cm³/mol. The average Bonchev–Trinajstić information content (AvgIpc) is 2.75. The van der Waals surface area contributed by atoms with Crippen molar-refractivity contribution in [2.75, 3.05) is 33.2 Å². The molecule has 2 amide bonds. The SMILES string of the molecule is CNS(=O)(=O)c1cccc(C(C)NC(=O)N2CCN(Cc3ccccc3)CC2)c1. The highest BCUT2D eigenvalue weighted by Gasteiger charge is 2.23. The van der Waals surface area contributed by atoms with Crippen molar-refractivity contribution in [3.05, 3.63) is 65.7 Å². The molecule has 1 aliphatic heterocycles. The van der Waals surface area contributed by atoms with Gasteiger partial charge in [-0.3, -0.25) is 4.90 Å². The van der Waals surface area contributed by atoms with Crippen molar-refractivity contribution in [1.29, 1.82) is 0 Å². The van der Waals surface area contributed by atoms with Crippen LogP contribution in [0.25, 0.3) is 0 Å². The maximum absolute atomic E-state index is 12.7. The van der Waals surface area contributed by atoms with Crippen LogP contribution in [0.15, 0.2) is 59.5 Å². The van der Waals surface area contributed by atoms with Crippen LogP contribution in [0.4, 0.5) is 4.79 Å². The third-order valence-corrected chi connectivity index (χ3v) is 6.60. The summed E-state index contributed by atoms with van der Waals surface area (Å²) in [6, 6.07) is 16.5. The highest BCUT2D eigenvalue weighted by Crippen LogP contribution is 2.18. The first kappa shape index (κ1) is 21.3. The Balaban J connectivity index is 1.54. The summed E-state index contributed by atoms with van der Waals surface area (Å²) in [5.41, 5.74) is 2.02. The number of hydrogen-bond acceptors (Lipinski definition) is 4. The number of rotatable bonds is 6. The van der Waals surface area contributed by atoms with E-state index >= 15 is 0 Å². The number of sulfonamides is 1. The minimum Gasteiger partial charge on any atom is -0.331 e. The van der Waals surface area contributed by atoms with Gasteiger partial charge in [0.1, 0.15) is 0 Å². The zero-order valence-corrected chi connectivity index (χ0v) is 17.7. The van der Waals surface area contributed by atoms with Crippen LogP contribution < -0.4 is 10.0 Å². The molecule has 8 heteroatoms. The van der Waals surface area contributed by atoms with E-state index in [0.29, 0.717) is 13.1 Å². The first-order valence-corrected chi connectivity index (χ1v) is 11.2. The molecule has 29 heavy (non-hydrogen) atoms. The molecule has 1 saturated heterocycles. The Morgan fingerprint density at radius 3 is 2.38 bits per heavy atom. The lowest BCUT2D eigenvalue weighted by Crippen LogP contribution is -2.51. The van der Waals surface area contributed by atoms with Gasteiger partial charge in [-0.2, -0.15) is 0 Å². The molecule has 1 fully saturated rings. The van der Waals surface area contributed by atoms with Crippen molar-refractivity contribution in [2.45, 2.75) is 24.4 Å². The first-order chi connectivity index (χ1) is 13.9. The second-order valence-corrected chi connectivity index (χ2v) is 9.09. The molecule has 1 aliphatic rings. The van der Waals surface area contributed by atoms with Gasteiger partial charge in [0.15, 0.2) is 0 Å². The number of urea groups is 1. The fourth-order valence-corrected chi connectivity index (χ4v) is 4.16. The quantitative estimate of drug-likeness (QED) is 0.756. The van der Waals surface area contributed by atoms with Crippen LogP contribution in [0.1, 0.15) is 24.1 Å². The number of nitrogens with zero attached hydrogens (tertiary/aromatic N) is 2. The third-order valence-electron chi connectivity index (χ3n) is 5.19. The summed E-state index contributed by atoms with van der Waals surface area (Å²) < 4.78 is 26.3. The Labute approximate surface area is 172 Å². The van der Waals surface area contributed by atoms with Crippen molar-refractivity contribution in [3.63, 3.8) is 0 Å². The number of carbonyl (C=O) groups excluding carboxylic acids is 1.